The van der Waals surface area contributed by atoms with Crippen LogP contribution in [0, 0.1) is 35.0 Å². The van der Waals surface area contributed by atoms with Crippen LogP contribution in [0.4, 0.5) is 5.69 Å². The highest BCUT2D eigenvalue weighted by molar-refractivity contribution is 6.09. The lowest BCUT2D eigenvalue weighted by Gasteiger charge is -2.25. The number of rotatable bonds is 17. The molecule has 0 aliphatic rings. The van der Waals surface area contributed by atoms with E-state index < -0.39 is 5.97 Å². The van der Waals surface area contributed by atoms with Crippen molar-refractivity contribution in [2.75, 3.05) is 18.0 Å². The molecule has 0 radical (unpaired) electrons. The van der Waals surface area contributed by atoms with E-state index in [2.05, 4.69) is 103 Å². The molecule has 0 saturated carbocycles. The average Bonchev–Trinajstić information content (AvgIpc) is 3.20. The topological polar surface area (TPSA) is 64.3 Å². The monoisotopic (exact) mass is 712 g/mol. The summed E-state index contributed by atoms with van der Waals surface area (Å²) in [7, 11) is 0. The van der Waals surface area contributed by atoms with Crippen molar-refractivity contribution in [3.05, 3.63) is 130 Å². The molecule has 4 nitrogen and oxygen atoms in total. The van der Waals surface area contributed by atoms with Crippen LogP contribution in [0.3, 0.4) is 0 Å². The highest BCUT2D eigenvalue weighted by Gasteiger charge is 2.12. The number of unbranched alkanes of at least 4 members (excludes halogenated alkanes) is 10. The third-order valence-corrected chi connectivity index (χ3v) is 9.96. The zero-order valence-electron chi connectivity index (χ0n) is 32.0. The Morgan fingerprint density at radius 3 is 1.39 bits per heavy atom. The molecule has 4 heteroatoms. The van der Waals surface area contributed by atoms with Gasteiger partial charge >= 0.3 is 5.97 Å². The molecule has 0 unspecified atom stereocenters. The van der Waals surface area contributed by atoms with E-state index in [0.717, 1.165) is 56.9 Å². The molecule has 5 aromatic carbocycles. The van der Waals surface area contributed by atoms with Crippen LogP contribution in [0.5, 0.6) is 0 Å². The van der Waals surface area contributed by atoms with Gasteiger partial charge in [-0.2, -0.15) is 5.26 Å². The van der Waals surface area contributed by atoms with Crippen LogP contribution in [-0.4, -0.2) is 24.2 Å². The van der Waals surface area contributed by atoms with Crippen LogP contribution in [0.15, 0.2) is 103 Å². The van der Waals surface area contributed by atoms with E-state index in [1.54, 1.807) is 18.2 Å². The highest BCUT2D eigenvalue weighted by atomic mass is 16.4. The first kappa shape index (κ1) is 39.4. The van der Waals surface area contributed by atoms with Crippen molar-refractivity contribution in [3.63, 3.8) is 0 Å². The lowest BCUT2D eigenvalue weighted by molar-refractivity contribution is -0.132. The molecule has 5 rings (SSSR count). The molecule has 0 amide bonds. The third kappa shape index (κ3) is 11.1. The SMILES string of the molecule is CCCCCCCCN(CCCCCCCC)c1ccc(C#Cc2c3ccccc3c(C#Cc3ccc(/C=C(/C#N)C(=O)O)cc3)c3ccccc23)cc1. The Balaban J connectivity index is 1.39. The minimum atomic E-state index is -1.24. The molecule has 1 N–H and O–H groups in total. The summed E-state index contributed by atoms with van der Waals surface area (Å²) in [5.41, 5.74) is 5.33. The largest absolute Gasteiger partial charge is 0.477 e. The van der Waals surface area contributed by atoms with Crippen LogP contribution in [0.25, 0.3) is 27.6 Å². The lowest BCUT2D eigenvalue weighted by Crippen LogP contribution is -2.25. The number of hydrogen-bond acceptors (Lipinski definition) is 3. The molecule has 5 aromatic rings. The van der Waals surface area contributed by atoms with Crippen LogP contribution in [0.1, 0.15) is 119 Å². The molecule has 0 saturated heterocycles. The maximum absolute atomic E-state index is 11.2. The summed E-state index contributed by atoms with van der Waals surface area (Å²) in [6, 6.07) is 34.4. The van der Waals surface area contributed by atoms with Crippen LogP contribution < -0.4 is 4.90 Å². The van der Waals surface area contributed by atoms with Gasteiger partial charge in [0.1, 0.15) is 11.6 Å². The number of benzene rings is 5. The number of aliphatic carboxylic acids is 1. The predicted octanol–water partition coefficient (Wildman–Crippen LogP) is 12.3. The highest BCUT2D eigenvalue weighted by Crippen LogP contribution is 2.32. The van der Waals surface area contributed by atoms with Crippen molar-refractivity contribution in [1.29, 1.82) is 5.26 Å². The Bertz CT molecular complexity index is 2130. The molecule has 0 atom stereocenters. The summed E-state index contributed by atoms with van der Waals surface area (Å²) >= 11 is 0. The molecule has 0 spiro atoms. The molecule has 0 heterocycles. The normalized spacial score (nSPS) is 11.0. The molecule has 0 aromatic heterocycles. The van der Waals surface area contributed by atoms with Gasteiger partial charge in [-0.3, -0.25) is 0 Å². The first-order valence-electron chi connectivity index (χ1n) is 19.8. The first-order chi connectivity index (χ1) is 26.5. The molecular weight excluding hydrogens is 661 g/mol. The fourth-order valence-electron chi connectivity index (χ4n) is 6.93. The Morgan fingerprint density at radius 1 is 0.574 bits per heavy atom. The van der Waals surface area contributed by atoms with Crippen molar-refractivity contribution >= 4 is 39.3 Å². The quantitative estimate of drug-likeness (QED) is 0.0343. The lowest BCUT2D eigenvalue weighted by atomic mass is 9.92. The van der Waals surface area contributed by atoms with E-state index >= 15 is 0 Å². The maximum Gasteiger partial charge on any atom is 0.346 e. The molecule has 0 fully saturated rings. The molecule has 0 aliphatic carbocycles. The van der Waals surface area contributed by atoms with Gasteiger partial charge in [0, 0.05) is 41.0 Å². The Kier molecular flexibility index (Phi) is 15.4. The van der Waals surface area contributed by atoms with Crippen molar-refractivity contribution in [2.45, 2.75) is 90.9 Å². The van der Waals surface area contributed by atoms with E-state index in [4.69, 9.17) is 5.26 Å². The summed E-state index contributed by atoms with van der Waals surface area (Å²) in [6.07, 6.45) is 17.1. The summed E-state index contributed by atoms with van der Waals surface area (Å²) in [4.78, 5) is 13.8. The Hall–Kier alpha value is -5.76. The summed E-state index contributed by atoms with van der Waals surface area (Å²) < 4.78 is 0. The van der Waals surface area contributed by atoms with Gasteiger partial charge in [0.15, 0.2) is 0 Å². The number of fused-ring (bicyclic) bond motifs is 2. The van der Waals surface area contributed by atoms with E-state index in [0.29, 0.717) is 5.56 Å². The first-order valence-corrected chi connectivity index (χ1v) is 19.8. The van der Waals surface area contributed by atoms with E-state index in [1.165, 1.54) is 88.8 Å². The van der Waals surface area contributed by atoms with Crippen molar-refractivity contribution < 1.29 is 9.90 Å². The van der Waals surface area contributed by atoms with E-state index in [1.807, 2.05) is 24.3 Å². The van der Waals surface area contributed by atoms with Gasteiger partial charge in [-0.15, -0.1) is 0 Å². The average molecular weight is 713 g/mol. The van der Waals surface area contributed by atoms with Gasteiger partial charge in [0.25, 0.3) is 0 Å². The van der Waals surface area contributed by atoms with Crippen molar-refractivity contribution in [1.82, 2.24) is 0 Å². The maximum atomic E-state index is 11.2. The molecular formula is C50H52N2O2. The van der Waals surface area contributed by atoms with Gasteiger partial charge in [-0.1, -0.05) is 162 Å². The summed E-state index contributed by atoms with van der Waals surface area (Å²) in [5, 5.41) is 22.5. The molecule has 0 aliphatic heterocycles. The number of carboxylic acids is 1. The van der Waals surface area contributed by atoms with Gasteiger partial charge in [-0.05, 0) is 82.4 Å². The zero-order valence-corrected chi connectivity index (χ0v) is 32.0. The standard InChI is InChI=1S/C50H52N2O2/c1-3-5-7-9-11-17-35-52(36-18-12-10-8-6-4-2)43-31-27-40(28-32-43)30-34-49-46-21-15-13-19-44(46)48(45-20-14-16-22-47(45)49)33-29-39-23-25-41(26-24-39)37-42(38-51)50(53)54/h13-16,19-28,31-32,37H,3-12,17-18,35-36H2,1-2H3,(H,53,54)/b42-37-. The Morgan fingerprint density at radius 2 is 0.981 bits per heavy atom. The van der Waals surface area contributed by atoms with Gasteiger partial charge in [0.05, 0.1) is 0 Å². The number of anilines is 1. The molecule has 54 heavy (non-hydrogen) atoms. The smallest absolute Gasteiger partial charge is 0.346 e. The van der Waals surface area contributed by atoms with Crippen LogP contribution >= 0.6 is 0 Å². The second-order valence-corrected chi connectivity index (χ2v) is 14.0. The molecule has 0 bridgehead atoms. The third-order valence-electron chi connectivity index (χ3n) is 9.96. The van der Waals surface area contributed by atoms with Crippen molar-refractivity contribution in [2.24, 2.45) is 0 Å². The van der Waals surface area contributed by atoms with Gasteiger partial charge in [-0.25, -0.2) is 4.79 Å². The number of carbonyl (C=O) groups is 1. The Labute approximate surface area is 322 Å². The second-order valence-electron chi connectivity index (χ2n) is 14.0. The number of nitrogens with zero attached hydrogens (tertiary/aromatic N) is 2. The number of hydrogen-bond donors (Lipinski definition) is 1. The predicted molar refractivity (Wildman–Crippen MR) is 226 cm³/mol. The van der Waals surface area contributed by atoms with E-state index in [-0.39, 0.29) is 5.57 Å². The summed E-state index contributed by atoms with van der Waals surface area (Å²) in [6.45, 7) is 6.77. The molecule has 274 valence electrons. The van der Waals surface area contributed by atoms with Crippen LogP contribution in [-0.2, 0) is 4.79 Å². The van der Waals surface area contributed by atoms with Gasteiger partial charge in [0.2, 0.25) is 0 Å². The van der Waals surface area contributed by atoms with Crippen LogP contribution in [0.2, 0.25) is 0 Å². The van der Waals surface area contributed by atoms with E-state index in [9.17, 15) is 9.90 Å². The fourth-order valence-corrected chi connectivity index (χ4v) is 6.93. The number of carboxylic acid groups (broad SMARTS) is 1. The summed E-state index contributed by atoms with van der Waals surface area (Å²) in [5.74, 6) is 12.6. The van der Waals surface area contributed by atoms with Crippen molar-refractivity contribution in [3.8, 4) is 29.8 Å². The van der Waals surface area contributed by atoms with Gasteiger partial charge < -0.3 is 10.0 Å². The second kappa shape index (κ2) is 21.1. The number of nitriles is 1. The fraction of sp³-hybridized carbons (Fsp3) is 0.320. The minimum absolute atomic E-state index is 0.309. The zero-order chi connectivity index (χ0) is 38.0. The minimum Gasteiger partial charge on any atom is -0.477 e.